The number of H-pyrrole nitrogens is 1. The lowest BCUT2D eigenvalue weighted by molar-refractivity contribution is -1.26. The van der Waals surface area contributed by atoms with Gasteiger partial charge in [-0.05, 0) is 80.4 Å². The lowest BCUT2D eigenvalue weighted by Gasteiger charge is -2.41. The molecular formula is C44H60N4O11PS+. The minimum absolute atomic E-state index is 0.0370. The minimum Gasteiger partial charge on any atom is -0.497 e. The molecule has 4 aromatic rings. The van der Waals surface area contributed by atoms with Gasteiger partial charge in [0.2, 0.25) is 0 Å². The van der Waals surface area contributed by atoms with Crippen LogP contribution >= 0.6 is 20.3 Å². The highest BCUT2D eigenvalue weighted by Crippen LogP contribution is 2.45. The summed E-state index contributed by atoms with van der Waals surface area (Å²) < 4.78 is 38.4. The Hall–Kier alpha value is -3.93. The number of hydrogen-bond acceptors (Lipinski definition) is 13. The van der Waals surface area contributed by atoms with Crippen LogP contribution in [-0.2, 0) is 38.9 Å². The topological polar surface area (TPSA) is 172 Å². The summed E-state index contributed by atoms with van der Waals surface area (Å²) in [6, 6.07) is 24.6. The molecule has 1 fully saturated rings. The molecule has 15 nitrogen and oxygen atoms in total. The monoisotopic (exact) mass is 883 g/mol. The van der Waals surface area contributed by atoms with Gasteiger partial charge in [-0.3, -0.25) is 24.6 Å². The number of aryl methyl sites for hydroxylation is 1. The number of rotatable bonds is 20. The van der Waals surface area contributed by atoms with E-state index < -0.39 is 54.0 Å². The molecule has 17 heteroatoms. The van der Waals surface area contributed by atoms with Crippen LogP contribution in [0.3, 0.4) is 0 Å². The van der Waals surface area contributed by atoms with E-state index in [1.54, 1.807) is 21.1 Å². The van der Waals surface area contributed by atoms with E-state index in [4.69, 9.17) is 43.5 Å². The molecule has 2 heterocycles. The third-order valence-corrected chi connectivity index (χ3v) is 12.3. The Labute approximate surface area is 363 Å². The molecule has 5 rings (SSSR count). The summed E-state index contributed by atoms with van der Waals surface area (Å²) in [5.74, 6) is 1.73. The van der Waals surface area contributed by atoms with Gasteiger partial charge >= 0.3 is 14.2 Å². The second-order valence-corrected chi connectivity index (χ2v) is 18.2. The summed E-state index contributed by atoms with van der Waals surface area (Å²) in [6.07, 6.45) is -0.775. The Bertz CT molecular complexity index is 2090. The van der Waals surface area contributed by atoms with Crippen molar-refractivity contribution in [3.8, 4) is 11.5 Å². The number of methoxy groups -OCH3 is 2. The summed E-state index contributed by atoms with van der Waals surface area (Å²) in [5, 5.41) is 0.0370. The number of carbonyl (C=O) groups excluding carboxylic acids is 1. The second-order valence-electron chi connectivity index (χ2n) is 16.3. The first kappa shape index (κ1) is 48.1. The maximum Gasteiger partial charge on any atom is 0.351 e. The van der Waals surface area contributed by atoms with Crippen LogP contribution in [0.1, 0.15) is 83.4 Å². The van der Waals surface area contributed by atoms with Gasteiger partial charge in [-0.1, -0.05) is 91.8 Å². The SMILES string of the molecule is COc1ccc(C(OC[C@H]2O[C@@H](n3cc(C)c(=O)[nH]c3=O)C[C@@H]2O[N+](OP(N)OOCCSC(=O)C(C)(C)C)(C(C)C)C(C)C)(c2ccccc2)c2ccc(OC)cc2)cc1. The van der Waals surface area contributed by atoms with Crippen LogP contribution in [0, 0.1) is 12.3 Å². The van der Waals surface area contributed by atoms with Crippen molar-refractivity contribution in [2.75, 3.05) is 33.2 Å². The molecule has 0 bridgehead atoms. The summed E-state index contributed by atoms with van der Waals surface area (Å²) in [5.41, 5.74) is 6.47. The number of carbonyl (C=O) groups is 1. The number of benzene rings is 3. The lowest BCUT2D eigenvalue weighted by Crippen LogP contribution is -2.59. The number of quaternary nitrogens is 1. The first-order valence-corrected chi connectivity index (χ1v) is 22.4. The fraction of sp³-hybridized carbons (Fsp3) is 0.477. The van der Waals surface area contributed by atoms with Gasteiger partial charge in [0.05, 0.1) is 27.4 Å². The zero-order valence-electron chi connectivity index (χ0n) is 36.6. The first-order valence-electron chi connectivity index (χ1n) is 20.2. The lowest BCUT2D eigenvalue weighted by atomic mass is 9.80. The summed E-state index contributed by atoms with van der Waals surface area (Å²) in [6.45, 7) is 15.0. The van der Waals surface area contributed by atoms with Crippen LogP contribution < -0.4 is 26.2 Å². The van der Waals surface area contributed by atoms with Crippen LogP contribution in [0.5, 0.6) is 11.5 Å². The first-order chi connectivity index (χ1) is 28.9. The molecule has 1 aliphatic heterocycles. The van der Waals surface area contributed by atoms with Crippen LogP contribution in [0.2, 0.25) is 0 Å². The number of hydroxylamine groups is 4. The fourth-order valence-electron chi connectivity index (χ4n) is 7.09. The molecular weight excluding hydrogens is 824 g/mol. The Morgan fingerprint density at radius 1 is 0.918 bits per heavy atom. The smallest absolute Gasteiger partial charge is 0.351 e. The molecule has 0 saturated carbocycles. The average molecular weight is 884 g/mol. The molecule has 0 radical (unpaired) electrons. The van der Waals surface area contributed by atoms with Crippen molar-refractivity contribution in [2.24, 2.45) is 10.9 Å². The van der Waals surface area contributed by atoms with E-state index >= 15 is 0 Å². The molecule has 1 aromatic heterocycles. The molecule has 1 unspecified atom stereocenters. The van der Waals surface area contributed by atoms with Gasteiger partial charge in [0.1, 0.15) is 41.5 Å². The van der Waals surface area contributed by atoms with Crippen molar-refractivity contribution < 1.29 is 47.6 Å². The highest BCUT2D eigenvalue weighted by Gasteiger charge is 2.51. The number of ether oxygens (including phenoxy) is 4. The number of nitrogens with one attached hydrogen (secondary N) is 1. The third-order valence-electron chi connectivity index (χ3n) is 10.4. The predicted octanol–water partition coefficient (Wildman–Crippen LogP) is 7.46. The zero-order chi connectivity index (χ0) is 44.5. The zero-order valence-corrected chi connectivity index (χ0v) is 38.3. The van der Waals surface area contributed by atoms with Gasteiger partial charge in [0.25, 0.3) is 5.56 Å². The Balaban J connectivity index is 1.52. The fourth-order valence-corrected chi connectivity index (χ4v) is 8.73. The van der Waals surface area contributed by atoms with Gasteiger partial charge in [0.15, 0.2) is 11.2 Å². The second kappa shape index (κ2) is 21.0. The van der Waals surface area contributed by atoms with E-state index in [9.17, 15) is 14.4 Å². The summed E-state index contributed by atoms with van der Waals surface area (Å²) >= 11 is 1.16. The summed E-state index contributed by atoms with van der Waals surface area (Å²) in [4.78, 5) is 52.5. The largest absolute Gasteiger partial charge is 0.497 e. The highest BCUT2D eigenvalue weighted by molar-refractivity contribution is 8.13. The van der Waals surface area contributed by atoms with E-state index in [2.05, 4.69) is 4.98 Å². The molecule has 3 aromatic carbocycles. The molecule has 4 atom stereocenters. The molecule has 332 valence electrons. The van der Waals surface area contributed by atoms with Gasteiger partial charge in [0, 0.05) is 29.3 Å². The van der Waals surface area contributed by atoms with Crippen molar-refractivity contribution in [3.63, 3.8) is 0 Å². The van der Waals surface area contributed by atoms with Crippen LogP contribution in [0.4, 0.5) is 0 Å². The molecule has 0 amide bonds. The molecule has 1 aliphatic rings. The number of nitrogens with two attached hydrogens (primary N) is 1. The third kappa shape index (κ3) is 11.4. The standard InChI is InChI=1S/C44H59N4O11PS/c1-29(2)48(30(3)4,58-60(45)59-55-24-25-61-41(50)43(6,7)8)57-37-26-39(47-27-31(5)40(49)46-42(47)51)56-38(37)28-54-44(32-14-12-11-13-15-32,33-16-20-35(52-9)21-17-33)34-18-22-36(53-10)23-19-34/h11-23,27,29-30,37-39H,24-26,28,45H2,1-10H3/p+1/t37-,38+,39+,60?/m0/s1. The maximum atomic E-state index is 13.3. The molecule has 3 N–H and O–H groups in total. The Morgan fingerprint density at radius 3 is 2.00 bits per heavy atom. The van der Waals surface area contributed by atoms with Crippen molar-refractivity contribution in [1.29, 1.82) is 0 Å². The Kier molecular flexibility index (Phi) is 16.5. The number of nitrogens with zero attached hydrogens (tertiary/aromatic N) is 2. The Morgan fingerprint density at radius 2 is 1.48 bits per heavy atom. The molecule has 0 spiro atoms. The maximum absolute atomic E-state index is 13.3. The van der Waals surface area contributed by atoms with Crippen LogP contribution in [0.15, 0.2) is 94.6 Å². The van der Waals surface area contributed by atoms with Crippen molar-refractivity contribution in [2.45, 2.75) is 97.9 Å². The predicted molar refractivity (Wildman–Crippen MR) is 234 cm³/mol. The molecule has 61 heavy (non-hydrogen) atoms. The van der Waals surface area contributed by atoms with E-state index in [-0.39, 0.29) is 36.8 Å². The molecule has 0 aliphatic carbocycles. The van der Waals surface area contributed by atoms with E-state index in [1.807, 2.05) is 127 Å². The van der Waals surface area contributed by atoms with E-state index in [1.165, 1.54) is 10.8 Å². The van der Waals surface area contributed by atoms with E-state index in [0.717, 1.165) is 28.5 Å². The van der Waals surface area contributed by atoms with Crippen molar-refractivity contribution in [3.05, 3.63) is 128 Å². The molecule has 1 saturated heterocycles. The number of aromatic amines is 1. The van der Waals surface area contributed by atoms with E-state index in [0.29, 0.717) is 22.8 Å². The normalized spacial score (nSPS) is 17.8. The quantitative estimate of drug-likeness (QED) is 0.0224. The number of aromatic nitrogens is 2. The number of hydrogen-bond donors (Lipinski definition) is 2. The highest BCUT2D eigenvalue weighted by atomic mass is 32.2. The van der Waals surface area contributed by atoms with Crippen molar-refractivity contribution in [1.82, 2.24) is 9.55 Å². The van der Waals surface area contributed by atoms with Gasteiger partial charge in [-0.2, -0.15) is 9.51 Å². The van der Waals surface area contributed by atoms with Gasteiger partial charge < -0.3 is 18.9 Å². The average Bonchev–Trinajstić information content (AvgIpc) is 3.63. The van der Waals surface area contributed by atoms with Gasteiger partial charge in [-0.25, -0.2) is 9.68 Å². The van der Waals surface area contributed by atoms with Crippen LogP contribution in [-0.4, -0.2) is 77.0 Å². The summed E-state index contributed by atoms with van der Waals surface area (Å²) in [7, 11) is 1.06. The minimum atomic E-state index is -2.17. The van der Waals surface area contributed by atoms with Gasteiger partial charge in [-0.15, -0.1) is 0 Å². The van der Waals surface area contributed by atoms with Crippen LogP contribution in [0.25, 0.3) is 0 Å². The van der Waals surface area contributed by atoms with Crippen molar-refractivity contribution >= 4 is 25.4 Å². The number of thioether (sulfide) groups is 1.